The lowest BCUT2D eigenvalue weighted by Crippen LogP contribution is -2.46. The second-order valence-corrected chi connectivity index (χ2v) is 6.46. The summed E-state index contributed by atoms with van der Waals surface area (Å²) in [7, 11) is 0. The lowest BCUT2D eigenvalue weighted by molar-refractivity contribution is 0.00845. The van der Waals surface area contributed by atoms with Gasteiger partial charge in [0, 0.05) is 30.9 Å². The number of nitrogens with one attached hydrogen (secondary N) is 1. The first-order chi connectivity index (χ1) is 13.4. The molecule has 146 valence electrons. The highest BCUT2D eigenvalue weighted by atomic mass is 19.1. The number of amides is 2. The molecule has 28 heavy (non-hydrogen) atoms. The summed E-state index contributed by atoms with van der Waals surface area (Å²) in [4.78, 5) is 38.7. The van der Waals surface area contributed by atoms with Crippen molar-refractivity contribution in [3.63, 3.8) is 0 Å². The molecule has 2 aliphatic heterocycles. The number of ether oxygens (including phenoxy) is 1. The van der Waals surface area contributed by atoms with Crippen LogP contribution in [0.2, 0.25) is 0 Å². The number of carbonyl (C=O) groups is 2. The predicted octanol–water partition coefficient (Wildman–Crippen LogP) is 0.574. The molecule has 1 atom stereocenters. The molecule has 2 aliphatic rings. The number of benzene rings is 1. The Morgan fingerprint density at radius 1 is 1.32 bits per heavy atom. The minimum atomic E-state index is -1.00. The van der Waals surface area contributed by atoms with Crippen LogP contribution in [-0.4, -0.2) is 45.8 Å². The molecule has 1 aromatic carbocycles. The molecular formula is C18H15F2N3O5. The van der Waals surface area contributed by atoms with E-state index in [2.05, 4.69) is 5.32 Å². The number of nitrogens with zero attached hydrogens (tertiary/aromatic N) is 2. The van der Waals surface area contributed by atoms with Crippen molar-refractivity contribution < 1.29 is 28.2 Å². The number of carbonyl (C=O) groups excluding carboxylic acids is 2. The smallest absolute Gasteiger partial charge is 0.276 e. The van der Waals surface area contributed by atoms with Crippen LogP contribution < -0.4 is 10.7 Å². The van der Waals surface area contributed by atoms with Crippen molar-refractivity contribution in [3.05, 3.63) is 63.1 Å². The number of halogens is 2. The Morgan fingerprint density at radius 3 is 2.86 bits per heavy atom. The third-order valence-corrected chi connectivity index (χ3v) is 4.76. The van der Waals surface area contributed by atoms with Crippen LogP contribution in [0.1, 0.15) is 26.4 Å². The molecule has 0 aliphatic carbocycles. The minimum absolute atomic E-state index is 0.0298. The Kier molecular flexibility index (Phi) is 4.34. The molecule has 1 aromatic heterocycles. The number of hydrogen-bond acceptors (Lipinski definition) is 5. The zero-order valence-corrected chi connectivity index (χ0v) is 14.4. The maximum Gasteiger partial charge on any atom is 0.276 e. The Balaban J connectivity index is 1.62. The van der Waals surface area contributed by atoms with Gasteiger partial charge in [-0.2, -0.15) is 0 Å². The summed E-state index contributed by atoms with van der Waals surface area (Å²) in [6.07, 6.45) is 0.635. The van der Waals surface area contributed by atoms with Crippen LogP contribution in [0.25, 0.3) is 0 Å². The highest BCUT2D eigenvalue weighted by Gasteiger charge is 2.39. The van der Waals surface area contributed by atoms with E-state index < -0.39 is 46.4 Å². The Hall–Kier alpha value is -3.27. The second-order valence-electron chi connectivity index (χ2n) is 6.46. The molecule has 0 bridgehead atoms. The number of pyridine rings is 1. The summed E-state index contributed by atoms with van der Waals surface area (Å²) in [5.74, 6) is -3.83. The molecule has 0 unspecified atom stereocenters. The Bertz CT molecular complexity index is 1050. The third-order valence-electron chi connectivity index (χ3n) is 4.76. The van der Waals surface area contributed by atoms with Gasteiger partial charge in [-0.15, -0.1) is 0 Å². The molecule has 4 rings (SSSR count). The number of aromatic hydroxyl groups is 1. The van der Waals surface area contributed by atoms with Crippen LogP contribution in [-0.2, 0) is 17.8 Å². The Morgan fingerprint density at radius 2 is 2.11 bits per heavy atom. The maximum atomic E-state index is 13.7. The normalized spacial score (nSPS) is 18.0. The topological polar surface area (TPSA) is 101 Å². The number of rotatable bonds is 3. The molecule has 1 fully saturated rings. The van der Waals surface area contributed by atoms with Crippen LogP contribution in [0, 0.1) is 11.6 Å². The van der Waals surface area contributed by atoms with E-state index in [1.165, 1.54) is 21.7 Å². The van der Waals surface area contributed by atoms with Gasteiger partial charge in [-0.1, -0.05) is 6.07 Å². The number of fused-ring (bicyclic) bond motifs is 2. The van der Waals surface area contributed by atoms with E-state index in [9.17, 15) is 28.3 Å². The van der Waals surface area contributed by atoms with Gasteiger partial charge in [0.15, 0.2) is 17.7 Å². The lowest BCUT2D eigenvalue weighted by atomic mass is 10.1. The van der Waals surface area contributed by atoms with Crippen LogP contribution in [0.5, 0.6) is 5.75 Å². The van der Waals surface area contributed by atoms with Gasteiger partial charge in [0.05, 0.1) is 13.2 Å². The van der Waals surface area contributed by atoms with Gasteiger partial charge in [-0.05, 0) is 6.07 Å². The van der Waals surface area contributed by atoms with Crippen molar-refractivity contribution in [2.24, 2.45) is 0 Å². The first-order valence-corrected chi connectivity index (χ1v) is 8.48. The minimum Gasteiger partial charge on any atom is -0.503 e. The van der Waals surface area contributed by atoms with E-state index in [0.717, 1.165) is 6.07 Å². The molecule has 1 saturated heterocycles. The average molecular weight is 391 g/mol. The fourth-order valence-corrected chi connectivity index (χ4v) is 3.32. The van der Waals surface area contributed by atoms with Crippen molar-refractivity contribution in [2.75, 3.05) is 13.2 Å². The SMILES string of the molecule is O=C(NCc1ccc(F)cc1F)c1cn2c(c(O)c1=O)C(=O)N1CCO[C@H]1C2. The van der Waals surface area contributed by atoms with E-state index in [1.807, 2.05) is 0 Å². The molecule has 2 N–H and O–H groups in total. The summed E-state index contributed by atoms with van der Waals surface area (Å²) in [5.41, 5.74) is -1.58. The molecule has 0 spiro atoms. The van der Waals surface area contributed by atoms with Gasteiger partial charge in [0.2, 0.25) is 5.43 Å². The standard InChI is InChI=1S/C18H15F2N3O5/c19-10-2-1-9(12(20)5-10)6-21-17(26)11-7-22-8-13-23(3-4-28-13)18(27)14(22)16(25)15(11)24/h1-2,5,7,13,25H,3-4,6,8H2,(H,21,26)/t13-/m0/s1. The summed E-state index contributed by atoms with van der Waals surface area (Å²) in [6, 6.07) is 2.90. The molecule has 2 amide bonds. The van der Waals surface area contributed by atoms with Crippen LogP contribution >= 0.6 is 0 Å². The molecule has 3 heterocycles. The van der Waals surface area contributed by atoms with Crippen molar-refractivity contribution in [1.82, 2.24) is 14.8 Å². The van der Waals surface area contributed by atoms with E-state index in [-0.39, 0.29) is 24.3 Å². The summed E-state index contributed by atoms with van der Waals surface area (Å²) in [6.45, 7) is 0.558. The van der Waals surface area contributed by atoms with Crippen LogP contribution in [0.3, 0.4) is 0 Å². The van der Waals surface area contributed by atoms with Crippen LogP contribution in [0.4, 0.5) is 8.78 Å². The van der Waals surface area contributed by atoms with Gasteiger partial charge in [-0.3, -0.25) is 14.4 Å². The zero-order chi connectivity index (χ0) is 20.0. The zero-order valence-electron chi connectivity index (χ0n) is 14.4. The lowest BCUT2D eigenvalue weighted by Gasteiger charge is -2.31. The van der Waals surface area contributed by atoms with Crippen molar-refractivity contribution in [3.8, 4) is 5.75 Å². The molecule has 2 aromatic rings. The second kappa shape index (κ2) is 6.71. The quantitative estimate of drug-likeness (QED) is 0.797. The molecule has 0 radical (unpaired) electrons. The average Bonchev–Trinajstić information content (AvgIpc) is 3.12. The highest BCUT2D eigenvalue weighted by Crippen LogP contribution is 2.26. The van der Waals surface area contributed by atoms with Crippen LogP contribution in [0.15, 0.2) is 29.2 Å². The van der Waals surface area contributed by atoms with Gasteiger partial charge >= 0.3 is 0 Å². The van der Waals surface area contributed by atoms with Gasteiger partial charge < -0.3 is 24.6 Å². The monoisotopic (exact) mass is 391 g/mol. The van der Waals surface area contributed by atoms with Gasteiger partial charge in [0.25, 0.3) is 11.8 Å². The van der Waals surface area contributed by atoms with Crippen molar-refractivity contribution >= 4 is 11.8 Å². The molecule has 0 saturated carbocycles. The highest BCUT2D eigenvalue weighted by molar-refractivity contribution is 5.99. The summed E-state index contributed by atoms with van der Waals surface area (Å²) < 4.78 is 33.4. The van der Waals surface area contributed by atoms with E-state index >= 15 is 0 Å². The summed E-state index contributed by atoms with van der Waals surface area (Å²) in [5, 5.41) is 12.6. The maximum absolute atomic E-state index is 13.7. The van der Waals surface area contributed by atoms with E-state index in [4.69, 9.17) is 4.74 Å². The fraction of sp³-hybridized carbons (Fsp3) is 0.278. The van der Waals surface area contributed by atoms with Crippen molar-refractivity contribution in [1.29, 1.82) is 0 Å². The predicted molar refractivity (Wildman–Crippen MR) is 90.7 cm³/mol. The Labute approximate surface area is 156 Å². The van der Waals surface area contributed by atoms with Crippen molar-refractivity contribution in [2.45, 2.75) is 19.3 Å². The molecular weight excluding hydrogens is 376 g/mol. The van der Waals surface area contributed by atoms with E-state index in [1.54, 1.807) is 0 Å². The van der Waals surface area contributed by atoms with Gasteiger partial charge in [0.1, 0.15) is 17.2 Å². The fourth-order valence-electron chi connectivity index (χ4n) is 3.32. The molecule has 8 nitrogen and oxygen atoms in total. The van der Waals surface area contributed by atoms with E-state index in [0.29, 0.717) is 19.2 Å². The first-order valence-electron chi connectivity index (χ1n) is 8.48. The number of aromatic nitrogens is 1. The third kappa shape index (κ3) is 2.91. The first kappa shape index (κ1) is 18.1. The summed E-state index contributed by atoms with van der Waals surface area (Å²) >= 11 is 0. The van der Waals surface area contributed by atoms with Gasteiger partial charge in [-0.25, -0.2) is 8.78 Å². The molecule has 10 heteroatoms. The number of hydrogen-bond donors (Lipinski definition) is 2. The largest absolute Gasteiger partial charge is 0.503 e.